The number of halogens is 3. The highest BCUT2D eigenvalue weighted by molar-refractivity contribution is 4.67. The van der Waals surface area contributed by atoms with Crippen LogP contribution in [-0.4, -0.2) is 32.0 Å². The van der Waals surface area contributed by atoms with Crippen molar-refractivity contribution in [3.63, 3.8) is 0 Å². The van der Waals surface area contributed by atoms with Crippen LogP contribution in [0.4, 0.5) is 13.2 Å². The molecule has 0 radical (unpaired) electrons. The molecule has 0 fully saturated rings. The van der Waals surface area contributed by atoms with E-state index in [1.807, 2.05) is 13.8 Å². The third kappa shape index (κ3) is 7.15. The van der Waals surface area contributed by atoms with E-state index in [2.05, 4.69) is 5.32 Å². The second kappa shape index (κ2) is 6.24. The molecule has 0 aliphatic rings. The molecule has 2 unspecified atom stereocenters. The number of alkyl halides is 3. The number of hydrogen-bond donors (Lipinski definition) is 1. The van der Waals surface area contributed by atoms with Gasteiger partial charge in [0.2, 0.25) is 0 Å². The Morgan fingerprint density at radius 1 is 1.29 bits per heavy atom. The van der Waals surface area contributed by atoms with Gasteiger partial charge in [0.05, 0.1) is 6.10 Å². The lowest BCUT2D eigenvalue weighted by atomic mass is 10.2. The average Bonchev–Trinajstić information content (AvgIpc) is 2.09. The largest absolute Gasteiger partial charge is 0.389 e. The molecule has 0 saturated heterocycles. The van der Waals surface area contributed by atoms with E-state index >= 15 is 0 Å². The highest BCUT2D eigenvalue weighted by Gasteiger charge is 2.26. The molecule has 0 heterocycles. The first-order valence-electron chi connectivity index (χ1n) is 4.69. The molecule has 2 atom stereocenters. The van der Waals surface area contributed by atoms with Crippen molar-refractivity contribution < 1.29 is 17.9 Å². The van der Waals surface area contributed by atoms with Crippen LogP contribution in [0.2, 0.25) is 0 Å². The van der Waals surface area contributed by atoms with E-state index in [4.69, 9.17) is 4.74 Å². The summed E-state index contributed by atoms with van der Waals surface area (Å²) in [6.45, 7) is 4.14. The zero-order valence-corrected chi connectivity index (χ0v) is 8.82. The SMILES string of the molecule is COC(C)C(C)NCCCC(F)(F)F. The molecule has 0 aromatic rings. The van der Waals surface area contributed by atoms with Crippen LogP contribution in [0.15, 0.2) is 0 Å². The molecular weight excluding hydrogens is 195 g/mol. The number of rotatable bonds is 6. The van der Waals surface area contributed by atoms with Crippen LogP contribution in [0.25, 0.3) is 0 Å². The van der Waals surface area contributed by atoms with E-state index < -0.39 is 12.6 Å². The lowest BCUT2D eigenvalue weighted by Crippen LogP contribution is -2.37. The van der Waals surface area contributed by atoms with Gasteiger partial charge >= 0.3 is 6.18 Å². The first kappa shape index (κ1) is 13.7. The molecule has 0 aliphatic heterocycles. The number of hydrogen-bond acceptors (Lipinski definition) is 2. The van der Waals surface area contributed by atoms with Crippen LogP contribution in [0.1, 0.15) is 26.7 Å². The van der Waals surface area contributed by atoms with E-state index in [9.17, 15) is 13.2 Å². The fourth-order valence-corrected chi connectivity index (χ4v) is 0.989. The Bertz CT molecular complexity index is 149. The molecule has 2 nitrogen and oxygen atoms in total. The Morgan fingerprint density at radius 2 is 1.86 bits per heavy atom. The highest BCUT2D eigenvalue weighted by Crippen LogP contribution is 2.20. The minimum atomic E-state index is -4.04. The monoisotopic (exact) mass is 213 g/mol. The van der Waals surface area contributed by atoms with Gasteiger partial charge in [0.1, 0.15) is 0 Å². The summed E-state index contributed by atoms with van der Waals surface area (Å²) in [5.74, 6) is 0. The molecule has 0 rings (SSSR count). The second-order valence-corrected chi connectivity index (χ2v) is 3.40. The topological polar surface area (TPSA) is 21.3 Å². The van der Waals surface area contributed by atoms with Crippen LogP contribution in [0.5, 0.6) is 0 Å². The van der Waals surface area contributed by atoms with Gasteiger partial charge in [0.15, 0.2) is 0 Å². The van der Waals surface area contributed by atoms with Gasteiger partial charge in [0, 0.05) is 19.6 Å². The normalized spacial score (nSPS) is 16.7. The Hall–Kier alpha value is -0.290. The molecule has 1 N–H and O–H groups in total. The molecule has 0 bridgehead atoms. The summed E-state index contributed by atoms with van der Waals surface area (Å²) in [4.78, 5) is 0. The Kier molecular flexibility index (Phi) is 6.11. The lowest BCUT2D eigenvalue weighted by Gasteiger charge is -2.19. The van der Waals surface area contributed by atoms with Crippen LogP contribution < -0.4 is 5.32 Å². The maximum atomic E-state index is 11.8. The van der Waals surface area contributed by atoms with Crippen molar-refractivity contribution in [3.8, 4) is 0 Å². The van der Waals surface area contributed by atoms with Gasteiger partial charge in [-0.25, -0.2) is 0 Å². The Morgan fingerprint density at radius 3 is 2.29 bits per heavy atom. The summed E-state index contributed by atoms with van der Waals surface area (Å²) in [5.41, 5.74) is 0. The van der Waals surface area contributed by atoms with Crippen LogP contribution >= 0.6 is 0 Å². The summed E-state index contributed by atoms with van der Waals surface area (Å²) in [7, 11) is 1.58. The zero-order chi connectivity index (χ0) is 11.2. The molecule has 0 amide bonds. The van der Waals surface area contributed by atoms with Gasteiger partial charge in [-0.3, -0.25) is 0 Å². The lowest BCUT2D eigenvalue weighted by molar-refractivity contribution is -0.135. The van der Waals surface area contributed by atoms with E-state index in [1.54, 1.807) is 7.11 Å². The maximum absolute atomic E-state index is 11.8. The quantitative estimate of drug-likeness (QED) is 0.684. The van der Waals surface area contributed by atoms with Crippen LogP contribution in [-0.2, 0) is 4.74 Å². The molecule has 0 saturated carbocycles. The van der Waals surface area contributed by atoms with Crippen LogP contribution in [0.3, 0.4) is 0 Å². The molecule has 0 aliphatic carbocycles. The van der Waals surface area contributed by atoms with E-state index in [1.165, 1.54) is 0 Å². The first-order chi connectivity index (χ1) is 6.37. The minimum absolute atomic E-state index is 0.0147. The van der Waals surface area contributed by atoms with Crippen molar-refractivity contribution in [2.75, 3.05) is 13.7 Å². The van der Waals surface area contributed by atoms with Gasteiger partial charge in [-0.2, -0.15) is 13.2 Å². The minimum Gasteiger partial charge on any atom is -0.380 e. The van der Waals surface area contributed by atoms with E-state index in [0.29, 0.717) is 6.54 Å². The van der Waals surface area contributed by atoms with Crippen LogP contribution in [0, 0.1) is 0 Å². The Labute approximate surface area is 82.8 Å². The third-order valence-corrected chi connectivity index (χ3v) is 2.18. The van der Waals surface area contributed by atoms with Crippen molar-refractivity contribution in [2.45, 2.75) is 45.0 Å². The first-order valence-corrected chi connectivity index (χ1v) is 4.69. The van der Waals surface area contributed by atoms with Gasteiger partial charge in [-0.15, -0.1) is 0 Å². The number of ether oxygens (including phenoxy) is 1. The van der Waals surface area contributed by atoms with Gasteiger partial charge in [0.25, 0.3) is 0 Å². The summed E-state index contributed by atoms with van der Waals surface area (Å²) in [6, 6.07) is 0.0771. The summed E-state index contributed by atoms with van der Waals surface area (Å²) < 4.78 is 40.3. The molecule has 0 aromatic heterocycles. The Balaban J connectivity index is 3.45. The highest BCUT2D eigenvalue weighted by atomic mass is 19.4. The van der Waals surface area contributed by atoms with E-state index in [-0.39, 0.29) is 18.6 Å². The maximum Gasteiger partial charge on any atom is 0.389 e. The second-order valence-electron chi connectivity index (χ2n) is 3.40. The summed E-state index contributed by atoms with van der Waals surface area (Å²) in [5, 5.41) is 2.98. The zero-order valence-electron chi connectivity index (χ0n) is 8.82. The van der Waals surface area contributed by atoms with E-state index in [0.717, 1.165) is 0 Å². The van der Waals surface area contributed by atoms with Crippen molar-refractivity contribution in [2.24, 2.45) is 0 Å². The molecule has 5 heteroatoms. The summed E-state index contributed by atoms with van der Waals surface area (Å²) >= 11 is 0. The predicted molar refractivity (Wildman–Crippen MR) is 49.2 cm³/mol. The molecule has 86 valence electrons. The molecule has 14 heavy (non-hydrogen) atoms. The van der Waals surface area contributed by atoms with Gasteiger partial charge in [-0.05, 0) is 26.8 Å². The smallest absolute Gasteiger partial charge is 0.380 e. The standard InChI is InChI=1S/C9H18F3NO/c1-7(8(2)14-3)13-6-4-5-9(10,11)12/h7-8,13H,4-6H2,1-3H3. The van der Waals surface area contributed by atoms with Crippen molar-refractivity contribution in [1.29, 1.82) is 0 Å². The number of methoxy groups -OCH3 is 1. The fraction of sp³-hybridized carbons (Fsp3) is 1.00. The average molecular weight is 213 g/mol. The number of nitrogens with one attached hydrogen (secondary N) is 1. The summed E-state index contributed by atoms with van der Waals surface area (Å²) in [6.07, 6.45) is -4.64. The molecule has 0 spiro atoms. The fourth-order valence-electron chi connectivity index (χ4n) is 0.989. The molecule has 0 aromatic carbocycles. The van der Waals surface area contributed by atoms with Gasteiger partial charge < -0.3 is 10.1 Å². The van der Waals surface area contributed by atoms with Crippen molar-refractivity contribution >= 4 is 0 Å². The van der Waals surface area contributed by atoms with Crippen molar-refractivity contribution in [1.82, 2.24) is 5.32 Å². The third-order valence-electron chi connectivity index (χ3n) is 2.18. The van der Waals surface area contributed by atoms with Gasteiger partial charge in [-0.1, -0.05) is 0 Å². The van der Waals surface area contributed by atoms with Crippen molar-refractivity contribution in [3.05, 3.63) is 0 Å². The predicted octanol–water partition coefficient (Wildman–Crippen LogP) is 2.34. The molecular formula is C9H18F3NO.